The number of rotatable bonds is 6. The van der Waals surface area contributed by atoms with E-state index in [4.69, 9.17) is 31.1 Å². The summed E-state index contributed by atoms with van der Waals surface area (Å²) in [5.74, 6) is -0.187. The molecule has 1 aromatic carbocycles. The molecule has 0 radical (unpaired) electrons. The molecule has 3 heterocycles. The maximum Gasteiger partial charge on any atom is 0.356 e. The number of hydrogen-bond donors (Lipinski definition) is 1. The molecular formula is C18H20ClFN5O4P. The molecule has 1 unspecified atom stereocenters. The summed E-state index contributed by atoms with van der Waals surface area (Å²) in [4.78, 5) is 12.3. The van der Waals surface area contributed by atoms with Crippen LogP contribution in [0.15, 0.2) is 30.9 Å². The second kappa shape index (κ2) is 8.56. The number of ether oxygens (including phenoxy) is 1. The van der Waals surface area contributed by atoms with Gasteiger partial charge in [0.25, 0.3) is 0 Å². The minimum Gasteiger partial charge on any atom is -0.382 e. The zero-order valence-electron chi connectivity index (χ0n) is 16.1. The highest BCUT2D eigenvalue weighted by Gasteiger charge is 2.35. The minimum atomic E-state index is -3.52. The molecule has 0 spiro atoms. The largest absolute Gasteiger partial charge is 0.382 e. The predicted octanol–water partition coefficient (Wildman–Crippen LogP) is 3.93. The van der Waals surface area contributed by atoms with Crippen molar-refractivity contribution in [3.63, 3.8) is 0 Å². The molecule has 0 bridgehead atoms. The van der Waals surface area contributed by atoms with Gasteiger partial charge in [-0.1, -0.05) is 11.6 Å². The van der Waals surface area contributed by atoms with E-state index in [9.17, 15) is 8.96 Å². The molecule has 3 atom stereocenters. The summed E-state index contributed by atoms with van der Waals surface area (Å²) in [7, 11) is -3.52. The molecule has 1 fully saturated rings. The molecule has 12 heteroatoms. The van der Waals surface area contributed by atoms with Gasteiger partial charge in [-0.2, -0.15) is 0 Å². The summed E-state index contributed by atoms with van der Waals surface area (Å²) in [6, 6.07) is 4.10. The van der Waals surface area contributed by atoms with Crippen LogP contribution < -0.4 is 5.73 Å². The summed E-state index contributed by atoms with van der Waals surface area (Å²) in [5, 5.41) is 0.247. The second-order valence-electron chi connectivity index (χ2n) is 6.96. The Hall–Kier alpha value is -2.10. The minimum absolute atomic E-state index is 0.205. The third-order valence-corrected chi connectivity index (χ3v) is 6.45. The molecule has 2 aromatic heterocycles. The van der Waals surface area contributed by atoms with E-state index in [1.807, 2.05) is 6.92 Å². The number of imidazole rings is 1. The van der Waals surface area contributed by atoms with Gasteiger partial charge >= 0.3 is 7.60 Å². The average molecular weight is 456 g/mol. The van der Waals surface area contributed by atoms with Crippen molar-refractivity contribution >= 4 is 36.2 Å². The van der Waals surface area contributed by atoms with Gasteiger partial charge in [0.15, 0.2) is 11.5 Å². The van der Waals surface area contributed by atoms with Gasteiger partial charge in [-0.15, -0.1) is 0 Å². The highest BCUT2D eigenvalue weighted by atomic mass is 35.5. The smallest absolute Gasteiger partial charge is 0.356 e. The van der Waals surface area contributed by atoms with Crippen LogP contribution in [0, 0.1) is 5.82 Å². The summed E-state index contributed by atoms with van der Waals surface area (Å²) in [6.45, 7) is 2.42. The number of benzene rings is 1. The molecule has 1 aliphatic heterocycles. The summed E-state index contributed by atoms with van der Waals surface area (Å²) in [6.07, 6.45) is 2.21. The van der Waals surface area contributed by atoms with Gasteiger partial charge in [0, 0.05) is 11.4 Å². The number of nitrogens with zero attached hydrogens (tertiary/aromatic N) is 4. The van der Waals surface area contributed by atoms with E-state index in [2.05, 4.69) is 15.0 Å². The lowest BCUT2D eigenvalue weighted by Gasteiger charge is -2.30. The molecule has 0 aliphatic carbocycles. The monoisotopic (exact) mass is 455 g/mol. The molecule has 160 valence electrons. The van der Waals surface area contributed by atoms with Crippen LogP contribution in [0.1, 0.15) is 25.0 Å². The number of aromatic nitrogens is 4. The van der Waals surface area contributed by atoms with Crippen molar-refractivity contribution in [3.05, 3.63) is 47.3 Å². The number of nitrogens with two attached hydrogens (primary N) is 1. The Labute approximate surface area is 176 Å². The quantitative estimate of drug-likeness (QED) is 0.556. The molecule has 0 amide bonds. The Kier molecular flexibility index (Phi) is 6.04. The first kappa shape index (κ1) is 21.1. The first-order valence-corrected chi connectivity index (χ1v) is 11.3. The Morgan fingerprint density at radius 3 is 3.03 bits per heavy atom. The van der Waals surface area contributed by atoms with Gasteiger partial charge in [0.2, 0.25) is 0 Å². The Morgan fingerprint density at radius 2 is 2.23 bits per heavy atom. The van der Waals surface area contributed by atoms with Crippen LogP contribution in [0.5, 0.6) is 0 Å². The van der Waals surface area contributed by atoms with Gasteiger partial charge in [0.1, 0.15) is 24.0 Å². The first-order valence-electron chi connectivity index (χ1n) is 9.24. The van der Waals surface area contributed by atoms with E-state index in [1.54, 1.807) is 17.0 Å². The molecule has 9 nitrogen and oxygen atoms in total. The van der Waals surface area contributed by atoms with Crippen molar-refractivity contribution in [1.82, 2.24) is 19.5 Å². The van der Waals surface area contributed by atoms with Crippen LogP contribution >= 0.6 is 19.2 Å². The van der Waals surface area contributed by atoms with Crippen LogP contribution in [-0.4, -0.2) is 38.6 Å². The zero-order chi connectivity index (χ0) is 21.3. The van der Waals surface area contributed by atoms with E-state index in [-0.39, 0.29) is 24.1 Å². The van der Waals surface area contributed by atoms with E-state index >= 15 is 0 Å². The highest BCUT2D eigenvalue weighted by Crippen LogP contribution is 2.56. The molecular weight excluding hydrogens is 436 g/mol. The normalized spacial score (nSPS) is 23.0. The van der Waals surface area contributed by atoms with Crippen molar-refractivity contribution in [1.29, 1.82) is 0 Å². The van der Waals surface area contributed by atoms with Crippen LogP contribution in [0.2, 0.25) is 5.02 Å². The number of anilines is 1. The van der Waals surface area contributed by atoms with E-state index in [0.717, 1.165) is 0 Å². The fourth-order valence-corrected chi connectivity index (χ4v) is 5.07. The van der Waals surface area contributed by atoms with E-state index < -0.39 is 19.5 Å². The molecule has 2 N–H and O–H groups in total. The van der Waals surface area contributed by atoms with Crippen molar-refractivity contribution in [2.24, 2.45) is 0 Å². The van der Waals surface area contributed by atoms with Crippen LogP contribution in [0.4, 0.5) is 10.2 Å². The standard InChI is InChI=1S/C18H20ClFN5O4P/c1-11(7-25-9-24-16-17(21)22-8-23-18(16)25)27-10-30(26)28-3-2-15(29-30)12-4-13(19)6-14(20)5-12/h4-6,8-9,11,15H,2-3,7,10H2,1H3,(H2,21,22,23)/t11-,15+,30?/m1/s1. The lowest BCUT2D eigenvalue weighted by molar-refractivity contribution is 0.0339. The molecule has 1 aliphatic rings. The number of fused-ring (bicyclic) bond motifs is 1. The highest BCUT2D eigenvalue weighted by molar-refractivity contribution is 7.53. The average Bonchev–Trinajstić information content (AvgIpc) is 3.10. The second-order valence-corrected chi connectivity index (χ2v) is 9.35. The van der Waals surface area contributed by atoms with Crippen molar-refractivity contribution in [2.75, 3.05) is 18.7 Å². The van der Waals surface area contributed by atoms with Crippen molar-refractivity contribution in [2.45, 2.75) is 32.1 Å². The number of hydrogen-bond acceptors (Lipinski definition) is 8. The fourth-order valence-electron chi connectivity index (χ4n) is 3.21. The van der Waals surface area contributed by atoms with Gasteiger partial charge in [0.05, 0.1) is 31.7 Å². The molecule has 0 saturated carbocycles. The van der Waals surface area contributed by atoms with Gasteiger partial charge in [-0.3, -0.25) is 9.09 Å². The first-order chi connectivity index (χ1) is 14.3. The Morgan fingerprint density at radius 1 is 1.40 bits per heavy atom. The number of nitrogen functional groups attached to an aromatic ring is 1. The summed E-state index contributed by atoms with van der Waals surface area (Å²) in [5.41, 5.74) is 7.40. The molecule has 30 heavy (non-hydrogen) atoms. The van der Waals surface area contributed by atoms with Crippen LogP contribution in [-0.2, 0) is 24.9 Å². The Bertz CT molecular complexity index is 1090. The van der Waals surface area contributed by atoms with E-state index in [1.165, 1.54) is 18.5 Å². The van der Waals surface area contributed by atoms with Crippen LogP contribution in [0.25, 0.3) is 11.2 Å². The predicted molar refractivity (Wildman–Crippen MR) is 109 cm³/mol. The fraction of sp³-hybridized carbons (Fsp3) is 0.389. The zero-order valence-corrected chi connectivity index (χ0v) is 17.7. The topological polar surface area (TPSA) is 114 Å². The van der Waals surface area contributed by atoms with E-state index in [0.29, 0.717) is 35.5 Å². The number of halogens is 2. The summed E-state index contributed by atoms with van der Waals surface area (Å²) >= 11 is 5.92. The molecule has 1 saturated heterocycles. The van der Waals surface area contributed by atoms with Gasteiger partial charge < -0.3 is 19.6 Å². The van der Waals surface area contributed by atoms with Crippen molar-refractivity contribution < 1.29 is 22.7 Å². The van der Waals surface area contributed by atoms with Crippen molar-refractivity contribution in [3.8, 4) is 0 Å². The Balaban J connectivity index is 1.39. The lowest BCUT2D eigenvalue weighted by Crippen LogP contribution is -2.21. The molecule has 4 rings (SSSR count). The maximum atomic E-state index is 13.7. The SMILES string of the molecule is C[C@H](Cn1cnc2c(N)ncnc21)OCP1(=O)OCC[C@@H](c2cc(F)cc(Cl)c2)O1. The maximum absolute atomic E-state index is 13.7. The third-order valence-electron chi connectivity index (χ3n) is 4.61. The van der Waals surface area contributed by atoms with Crippen LogP contribution in [0.3, 0.4) is 0 Å². The van der Waals surface area contributed by atoms with Gasteiger partial charge in [-0.25, -0.2) is 19.3 Å². The lowest BCUT2D eigenvalue weighted by atomic mass is 10.1. The summed E-state index contributed by atoms with van der Waals surface area (Å²) < 4.78 is 45.2. The van der Waals surface area contributed by atoms with Gasteiger partial charge in [-0.05, 0) is 30.7 Å². The molecule has 3 aromatic rings. The third kappa shape index (κ3) is 4.63.